The average Bonchev–Trinajstić information content (AvgIpc) is 2.38. The van der Waals surface area contributed by atoms with Crippen molar-refractivity contribution < 1.29 is 13.9 Å². The smallest absolute Gasteiger partial charge is 0.159 e. The molecule has 2 aromatic rings. The summed E-state index contributed by atoms with van der Waals surface area (Å²) >= 11 is 3.23. The summed E-state index contributed by atoms with van der Waals surface area (Å²) in [5, 5.41) is 12.5. The number of nitrogens with one attached hydrogen (secondary N) is 1. The van der Waals surface area contributed by atoms with Gasteiger partial charge in [-0.05, 0) is 51.3 Å². The van der Waals surface area contributed by atoms with E-state index < -0.39 is 11.6 Å². The minimum absolute atomic E-state index is 0.185. The molecule has 0 heterocycles. The quantitative estimate of drug-likeness (QED) is 0.896. The largest absolute Gasteiger partial charge is 0.507 e. The molecule has 0 saturated carbocycles. The van der Waals surface area contributed by atoms with Crippen LogP contribution in [0.25, 0.3) is 0 Å². The molecule has 0 atom stereocenters. The SMILES string of the molecule is Oc1ccc(CNCc2ccc(F)c(F)c2)cc1Br. The fraction of sp³-hybridized carbons (Fsp3) is 0.143. The summed E-state index contributed by atoms with van der Waals surface area (Å²) in [6.07, 6.45) is 0. The molecule has 100 valence electrons. The standard InChI is InChI=1S/C14H12BrF2NO/c15-11-5-9(2-4-14(11)19)7-18-8-10-1-3-12(16)13(17)6-10/h1-6,18-19H,7-8H2. The first-order chi connectivity index (χ1) is 9.06. The summed E-state index contributed by atoms with van der Waals surface area (Å²) in [7, 11) is 0. The second-order valence-electron chi connectivity index (χ2n) is 4.14. The lowest BCUT2D eigenvalue weighted by Gasteiger charge is -2.07. The summed E-state index contributed by atoms with van der Waals surface area (Å²) in [4.78, 5) is 0. The van der Waals surface area contributed by atoms with Crippen molar-refractivity contribution in [1.82, 2.24) is 5.32 Å². The van der Waals surface area contributed by atoms with E-state index >= 15 is 0 Å². The van der Waals surface area contributed by atoms with Crippen molar-refractivity contribution in [1.29, 1.82) is 0 Å². The van der Waals surface area contributed by atoms with Crippen LogP contribution in [0, 0.1) is 11.6 Å². The Morgan fingerprint density at radius 3 is 2.21 bits per heavy atom. The molecule has 2 nitrogen and oxygen atoms in total. The summed E-state index contributed by atoms with van der Waals surface area (Å²) in [6, 6.07) is 9.02. The lowest BCUT2D eigenvalue weighted by molar-refractivity contribution is 0.471. The van der Waals surface area contributed by atoms with E-state index in [2.05, 4.69) is 21.2 Å². The van der Waals surface area contributed by atoms with E-state index in [0.29, 0.717) is 23.1 Å². The lowest BCUT2D eigenvalue weighted by atomic mass is 10.2. The van der Waals surface area contributed by atoms with Crippen LogP contribution in [0.4, 0.5) is 8.78 Å². The first kappa shape index (κ1) is 14.0. The maximum Gasteiger partial charge on any atom is 0.159 e. The predicted octanol–water partition coefficient (Wildman–Crippen LogP) is 3.72. The van der Waals surface area contributed by atoms with E-state index in [1.165, 1.54) is 12.1 Å². The van der Waals surface area contributed by atoms with Crippen LogP contribution >= 0.6 is 15.9 Å². The topological polar surface area (TPSA) is 32.3 Å². The third-order valence-electron chi connectivity index (χ3n) is 2.65. The number of phenols is 1. The fourth-order valence-electron chi connectivity index (χ4n) is 1.66. The number of rotatable bonds is 4. The second kappa shape index (κ2) is 6.12. The summed E-state index contributed by atoms with van der Waals surface area (Å²) in [5.74, 6) is -1.50. The van der Waals surface area contributed by atoms with Gasteiger partial charge in [0.15, 0.2) is 11.6 Å². The highest BCUT2D eigenvalue weighted by Crippen LogP contribution is 2.24. The van der Waals surface area contributed by atoms with Crippen molar-refractivity contribution in [2.75, 3.05) is 0 Å². The van der Waals surface area contributed by atoms with Crippen LogP contribution in [0.5, 0.6) is 5.75 Å². The van der Waals surface area contributed by atoms with Crippen LogP contribution < -0.4 is 5.32 Å². The molecule has 0 aromatic heterocycles. The van der Waals surface area contributed by atoms with Gasteiger partial charge < -0.3 is 10.4 Å². The van der Waals surface area contributed by atoms with E-state index in [0.717, 1.165) is 11.6 Å². The molecule has 0 unspecified atom stereocenters. The predicted molar refractivity (Wildman–Crippen MR) is 72.7 cm³/mol. The van der Waals surface area contributed by atoms with Crippen LogP contribution in [-0.2, 0) is 13.1 Å². The number of aromatic hydroxyl groups is 1. The zero-order valence-corrected chi connectivity index (χ0v) is 11.5. The van der Waals surface area contributed by atoms with Gasteiger partial charge in [-0.1, -0.05) is 12.1 Å². The van der Waals surface area contributed by atoms with Crippen LogP contribution in [0.2, 0.25) is 0 Å². The van der Waals surface area contributed by atoms with Crippen molar-refractivity contribution in [3.8, 4) is 5.75 Å². The number of phenolic OH excluding ortho intramolecular Hbond substituents is 1. The van der Waals surface area contributed by atoms with Gasteiger partial charge in [0.05, 0.1) is 4.47 Å². The van der Waals surface area contributed by atoms with Crippen molar-refractivity contribution in [3.05, 3.63) is 63.6 Å². The number of hydrogen-bond donors (Lipinski definition) is 2. The molecule has 2 rings (SSSR count). The molecule has 0 amide bonds. The van der Waals surface area contributed by atoms with E-state index in [1.54, 1.807) is 18.2 Å². The average molecular weight is 328 g/mol. The van der Waals surface area contributed by atoms with E-state index in [1.807, 2.05) is 0 Å². The maximum atomic E-state index is 13.0. The molecule has 0 spiro atoms. The molecular formula is C14H12BrF2NO. The van der Waals surface area contributed by atoms with Crippen molar-refractivity contribution >= 4 is 15.9 Å². The number of benzene rings is 2. The summed E-state index contributed by atoms with van der Waals surface area (Å²) in [6.45, 7) is 1.01. The Bertz CT molecular complexity index is 538. The van der Waals surface area contributed by atoms with Crippen molar-refractivity contribution in [2.45, 2.75) is 13.1 Å². The summed E-state index contributed by atoms with van der Waals surface area (Å²) < 4.78 is 26.4. The van der Waals surface area contributed by atoms with E-state index in [-0.39, 0.29) is 5.75 Å². The van der Waals surface area contributed by atoms with Gasteiger partial charge in [-0.3, -0.25) is 0 Å². The minimum Gasteiger partial charge on any atom is -0.507 e. The van der Waals surface area contributed by atoms with Gasteiger partial charge in [0.1, 0.15) is 5.75 Å². The minimum atomic E-state index is -0.841. The normalized spacial score (nSPS) is 10.7. The molecular weight excluding hydrogens is 316 g/mol. The van der Waals surface area contributed by atoms with Crippen LogP contribution in [0.15, 0.2) is 40.9 Å². The highest BCUT2D eigenvalue weighted by Gasteiger charge is 2.03. The molecule has 0 aliphatic heterocycles. The fourth-order valence-corrected chi connectivity index (χ4v) is 2.09. The Morgan fingerprint density at radius 2 is 1.58 bits per heavy atom. The molecule has 0 saturated heterocycles. The highest BCUT2D eigenvalue weighted by atomic mass is 79.9. The summed E-state index contributed by atoms with van der Waals surface area (Å²) in [5.41, 5.74) is 1.66. The van der Waals surface area contributed by atoms with Crippen LogP contribution in [0.3, 0.4) is 0 Å². The van der Waals surface area contributed by atoms with Gasteiger partial charge in [0.2, 0.25) is 0 Å². The van der Waals surface area contributed by atoms with Gasteiger partial charge in [0, 0.05) is 13.1 Å². The van der Waals surface area contributed by atoms with Crippen LogP contribution in [0.1, 0.15) is 11.1 Å². The third-order valence-corrected chi connectivity index (χ3v) is 3.29. The Labute approximate surface area is 118 Å². The van der Waals surface area contributed by atoms with Gasteiger partial charge >= 0.3 is 0 Å². The first-order valence-electron chi connectivity index (χ1n) is 5.68. The van der Waals surface area contributed by atoms with Crippen LogP contribution in [-0.4, -0.2) is 5.11 Å². The molecule has 2 N–H and O–H groups in total. The zero-order valence-electron chi connectivity index (χ0n) is 9.96. The second-order valence-corrected chi connectivity index (χ2v) is 4.99. The zero-order chi connectivity index (χ0) is 13.8. The first-order valence-corrected chi connectivity index (χ1v) is 6.47. The van der Waals surface area contributed by atoms with Gasteiger partial charge in [-0.15, -0.1) is 0 Å². The van der Waals surface area contributed by atoms with Gasteiger partial charge in [-0.25, -0.2) is 8.78 Å². The van der Waals surface area contributed by atoms with Gasteiger partial charge in [-0.2, -0.15) is 0 Å². The lowest BCUT2D eigenvalue weighted by Crippen LogP contribution is -2.12. The number of hydrogen-bond acceptors (Lipinski definition) is 2. The Morgan fingerprint density at radius 1 is 0.947 bits per heavy atom. The molecule has 5 heteroatoms. The van der Waals surface area contributed by atoms with E-state index in [4.69, 9.17) is 0 Å². The molecule has 0 radical (unpaired) electrons. The van der Waals surface area contributed by atoms with E-state index in [9.17, 15) is 13.9 Å². The molecule has 0 aliphatic rings. The highest BCUT2D eigenvalue weighted by molar-refractivity contribution is 9.10. The number of halogens is 3. The monoisotopic (exact) mass is 327 g/mol. The van der Waals surface area contributed by atoms with Crippen molar-refractivity contribution in [3.63, 3.8) is 0 Å². The maximum absolute atomic E-state index is 13.0. The molecule has 0 aliphatic carbocycles. The Balaban J connectivity index is 1.92. The van der Waals surface area contributed by atoms with Gasteiger partial charge in [0.25, 0.3) is 0 Å². The van der Waals surface area contributed by atoms with Crippen molar-refractivity contribution in [2.24, 2.45) is 0 Å². The molecule has 19 heavy (non-hydrogen) atoms. The molecule has 0 bridgehead atoms. The Kier molecular flexibility index (Phi) is 4.50. The molecule has 0 fully saturated rings. The Hall–Kier alpha value is -1.46. The third kappa shape index (κ3) is 3.75. The molecule has 2 aromatic carbocycles.